The summed E-state index contributed by atoms with van der Waals surface area (Å²) in [5, 5.41) is 15.1. The third-order valence-corrected chi connectivity index (χ3v) is 3.61. The van der Waals surface area contributed by atoms with E-state index in [4.69, 9.17) is 15.6 Å². The van der Waals surface area contributed by atoms with Crippen LogP contribution in [0.5, 0.6) is 5.75 Å². The van der Waals surface area contributed by atoms with Crippen LogP contribution < -0.4 is 21.1 Å². The van der Waals surface area contributed by atoms with Crippen molar-refractivity contribution in [2.45, 2.75) is 0 Å². The van der Waals surface area contributed by atoms with Crippen molar-refractivity contribution in [2.75, 3.05) is 23.5 Å². The first-order valence-corrected chi connectivity index (χ1v) is 7.69. The van der Waals surface area contributed by atoms with Gasteiger partial charge in [0.25, 0.3) is 0 Å². The second-order valence-electron chi connectivity index (χ2n) is 5.35. The summed E-state index contributed by atoms with van der Waals surface area (Å²) in [6, 6.07) is 13.6. The third kappa shape index (κ3) is 3.81. The lowest BCUT2D eigenvalue weighted by atomic mass is 10.2. The molecule has 0 atom stereocenters. The van der Waals surface area contributed by atoms with E-state index < -0.39 is 5.97 Å². The summed E-state index contributed by atoms with van der Waals surface area (Å²) >= 11 is 0. The first-order chi connectivity index (χ1) is 12.6. The van der Waals surface area contributed by atoms with Gasteiger partial charge in [-0.1, -0.05) is 6.07 Å². The predicted octanol–water partition coefficient (Wildman–Crippen LogP) is 3.25. The fourth-order valence-electron chi connectivity index (χ4n) is 2.27. The van der Waals surface area contributed by atoms with Gasteiger partial charge in [-0.2, -0.15) is 0 Å². The van der Waals surface area contributed by atoms with Gasteiger partial charge in [0.2, 0.25) is 0 Å². The number of nitrogens with one attached hydrogen (secondary N) is 2. The van der Waals surface area contributed by atoms with Crippen LogP contribution in [-0.4, -0.2) is 28.2 Å². The zero-order chi connectivity index (χ0) is 18.5. The smallest absolute Gasteiger partial charge is 0.335 e. The van der Waals surface area contributed by atoms with Gasteiger partial charge in [-0.15, -0.1) is 0 Å². The average Bonchev–Trinajstić information content (AvgIpc) is 2.65. The molecule has 1 aromatic heterocycles. The molecule has 0 aliphatic heterocycles. The van der Waals surface area contributed by atoms with Crippen LogP contribution in [-0.2, 0) is 0 Å². The molecule has 0 fully saturated rings. The van der Waals surface area contributed by atoms with Crippen LogP contribution in [0.1, 0.15) is 10.4 Å². The fourth-order valence-corrected chi connectivity index (χ4v) is 2.27. The molecule has 0 amide bonds. The number of hydrogen-bond acceptors (Lipinski definition) is 7. The molecule has 0 aliphatic rings. The van der Waals surface area contributed by atoms with Crippen molar-refractivity contribution in [3.63, 3.8) is 0 Å². The van der Waals surface area contributed by atoms with Crippen LogP contribution in [0.15, 0.2) is 54.9 Å². The Morgan fingerprint density at radius 1 is 1.04 bits per heavy atom. The molecule has 0 spiro atoms. The Labute approximate surface area is 149 Å². The standard InChI is InChI=1S/C18H17N5O3/c1-26-14-4-2-3-13(9-14)23-17-15(19)16(20-10-21-17)22-12-7-5-11(6-8-12)18(24)25/h2-10H,19H2,1H3,(H,24,25)(H2,20,21,22,23). The number of nitrogen functional groups attached to an aromatic ring is 1. The predicted molar refractivity (Wildman–Crippen MR) is 99.4 cm³/mol. The summed E-state index contributed by atoms with van der Waals surface area (Å²) in [5.41, 5.74) is 8.11. The minimum atomic E-state index is -0.983. The highest BCUT2D eigenvalue weighted by atomic mass is 16.5. The molecule has 1 heterocycles. The van der Waals surface area contributed by atoms with Gasteiger partial charge in [0, 0.05) is 17.4 Å². The Morgan fingerprint density at radius 3 is 2.31 bits per heavy atom. The molecule has 0 unspecified atom stereocenters. The molecule has 0 saturated carbocycles. The number of benzene rings is 2. The van der Waals surface area contributed by atoms with Crippen LogP contribution in [0.3, 0.4) is 0 Å². The van der Waals surface area contributed by atoms with Gasteiger partial charge in [-0.05, 0) is 36.4 Å². The van der Waals surface area contributed by atoms with Crippen LogP contribution >= 0.6 is 0 Å². The summed E-state index contributed by atoms with van der Waals surface area (Å²) in [7, 11) is 1.59. The number of anilines is 5. The molecular formula is C18H17N5O3. The van der Waals surface area contributed by atoms with E-state index in [-0.39, 0.29) is 5.56 Å². The van der Waals surface area contributed by atoms with Crippen molar-refractivity contribution in [1.82, 2.24) is 9.97 Å². The number of carboxylic acid groups (broad SMARTS) is 1. The van der Waals surface area contributed by atoms with E-state index in [1.165, 1.54) is 18.5 Å². The third-order valence-electron chi connectivity index (χ3n) is 3.61. The van der Waals surface area contributed by atoms with Gasteiger partial charge in [-0.25, -0.2) is 14.8 Å². The summed E-state index contributed by atoms with van der Waals surface area (Å²) in [6.07, 6.45) is 1.38. The Morgan fingerprint density at radius 2 is 1.69 bits per heavy atom. The van der Waals surface area contributed by atoms with Gasteiger partial charge in [0.15, 0.2) is 11.6 Å². The summed E-state index contributed by atoms with van der Waals surface area (Å²) < 4.78 is 5.19. The maximum atomic E-state index is 10.9. The normalized spacial score (nSPS) is 10.2. The van der Waals surface area contributed by atoms with Gasteiger partial charge in [0.05, 0.1) is 12.7 Å². The van der Waals surface area contributed by atoms with E-state index in [9.17, 15) is 4.79 Å². The van der Waals surface area contributed by atoms with Gasteiger partial charge in [0.1, 0.15) is 17.8 Å². The number of ether oxygens (including phenoxy) is 1. The van der Waals surface area contributed by atoms with Crippen LogP contribution in [0.25, 0.3) is 0 Å². The van der Waals surface area contributed by atoms with E-state index in [0.29, 0.717) is 28.8 Å². The topological polar surface area (TPSA) is 122 Å². The van der Waals surface area contributed by atoms with Gasteiger partial charge < -0.3 is 26.2 Å². The minimum Gasteiger partial charge on any atom is -0.497 e. The Balaban J connectivity index is 1.81. The monoisotopic (exact) mass is 351 g/mol. The lowest BCUT2D eigenvalue weighted by Crippen LogP contribution is -2.05. The van der Waals surface area contributed by atoms with E-state index in [1.54, 1.807) is 19.2 Å². The van der Waals surface area contributed by atoms with Crippen LogP contribution in [0, 0.1) is 0 Å². The summed E-state index contributed by atoms with van der Waals surface area (Å²) in [6.45, 7) is 0. The van der Waals surface area contributed by atoms with Crippen LogP contribution in [0.2, 0.25) is 0 Å². The van der Waals surface area contributed by atoms with Crippen molar-refractivity contribution in [3.8, 4) is 5.75 Å². The van der Waals surface area contributed by atoms with Crippen LogP contribution in [0.4, 0.5) is 28.7 Å². The first-order valence-electron chi connectivity index (χ1n) is 7.69. The molecule has 26 heavy (non-hydrogen) atoms. The largest absolute Gasteiger partial charge is 0.497 e. The van der Waals surface area contributed by atoms with E-state index in [0.717, 1.165) is 5.69 Å². The summed E-state index contributed by atoms with van der Waals surface area (Å²) in [5.74, 6) is 0.578. The maximum absolute atomic E-state index is 10.9. The minimum absolute atomic E-state index is 0.201. The fraction of sp³-hybridized carbons (Fsp3) is 0.0556. The molecule has 3 aromatic rings. The second kappa shape index (κ2) is 7.39. The zero-order valence-electron chi connectivity index (χ0n) is 13.9. The highest BCUT2D eigenvalue weighted by molar-refractivity contribution is 5.88. The van der Waals surface area contributed by atoms with Crippen molar-refractivity contribution in [3.05, 3.63) is 60.4 Å². The van der Waals surface area contributed by atoms with Crippen molar-refractivity contribution in [1.29, 1.82) is 0 Å². The number of rotatable bonds is 6. The Bertz CT molecular complexity index is 928. The number of nitrogens with two attached hydrogens (primary N) is 1. The van der Waals surface area contributed by atoms with Gasteiger partial charge in [-0.3, -0.25) is 0 Å². The second-order valence-corrected chi connectivity index (χ2v) is 5.35. The highest BCUT2D eigenvalue weighted by Gasteiger charge is 2.10. The molecule has 0 radical (unpaired) electrons. The molecule has 8 nitrogen and oxygen atoms in total. The Hall–Kier alpha value is -3.81. The Kier molecular flexibility index (Phi) is 4.84. The lowest BCUT2D eigenvalue weighted by molar-refractivity contribution is 0.0697. The van der Waals surface area contributed by atoms with Crippen molar-refractivity contribution in [2.24, 2.45) is 0 Å². The number of aromatic nitrogens is 2. The first kappa shape index (κ1) is 17.0. The lowest BCUT2D eigenvalue weighted by Gasteiger charge is -2.13. The van der Waals surface area contributed by atoms with E-state index in [2.05, 4.69) is 20.6 Å². The van der Waals surface area contributed by atoms with E-state index in [1.807, 2.05) is 24.3 Å². The molecular weight excluding hydrogens is 334 g/mol. The number of aromatic carboxylic acids is 1. The molecule has 5 N–H and O–H groups in total. The summed E-state index contributed by atoms with van der Waals surface area (Å²) in [4.78, 5) is 19.2. The molecule has 0 saturated heterocycles. The number of hydrogen-bond donors (Lipinski definition) is 4. The van der Waals surface area contributed by atoms with Crippen molar-refractivity contribution >= 4 is 34.7 Å². The number of nitrogens with zero attached hydrogens (tertiary/aromatic N) is 2. The zero-order valence-corrected chi connectivity index (χ0v) is 13.9. The highest BCUT2D eigenvalue weighted by Crippen LogP contribution is 2.29. The molecule has 8 heteroatoms. The molecule has 3 rings (SSSR count). The van der Waals surface area contributed by atoms with Crippen molar-refractivity contribution < 1.29 is 14.6 Å². The molecule has 2 aromatic carbocycles. The molecule has 0 bridgehead atoms. The number of methoxy groups -OCH3 is 1. The number of carbonyl (C=O) groups is 1. The van der Waals surface area contributed by atoms with E-state index >= 15 is 0 Å². The number of carboxylic acids is 1. The molecule has 0 aliphatic carbocycles. The maximum Gasteiger partial charge on any atom is 0.335 e. The van der Waals surface area contributed by atoms with Gasteiger partial charge >= 0.3 is 5.97 Å². The molecule has 132 valence electrons. The quantitative estimate of drug-likeness (QED) is 0.534. The SMILES string of the molecule is COc1cccc(Nc2ncnc(Nc3ccc(C(=O)O)cc3)c2N)c1. The average molecular weight is 351 g/mol.